The Morgan fingerprint density at radius 1 is 1.06 bits per heavy atom. The van der Waals surface area contributed by atoms with Crippen molar-refractivity contribution >= 4 is 63.9 Å². The topological polar surface area (TPSA) is 69.7 Å². The van der Waals surface area contributed by atoms with E-state index in [1.807, 2.05) is 4.90 Å². The van der Waals surface area contributed by atoms with Gasteiger partial charge in [-0.3, -0.25) is 14.4 Å². The first-order valence-corrected chi connectivity index (χ1v) is 11.9. The van der Waals surface area contributed by atoms with E-state index in [0.29, 0.717) is 16.3 Å². The lowest BCUT2D eigenvalue weighted by molar-refractivity contribution is -0.120. The van der Waals surface area contributed by atoms with E-state index in [1.165, 1.54) is 12.1 Å². The molecule has 4 rings (SSSR count). The van der Waals surface area contributed by atoms with E-state index in [1.54, 1.807) is 30.3 Å². The minimum atomic E-state index is -0.709. The number of rotatable bonds is 5. The lowest BCUT2D eigenvalue weighted by atomic mass is 9.99. The molecule has 6 nitrogen and oxygen atoms in total. The van der Waals surface area contributed by atoms with E-state index >= 15 is 0 Å². The minimum absolute atomic E-state index is 0.0496. The van der Waals surface area contributed by atoms with Gasteiger partial charge in [0.25, 0.3) is 17.7 Å². The molecule has 2 heterocycles. The van der Waals surface area contributed by atoms with Crippen LogP contribution in [0.4, 0.5) is 11.4 Å². The quantitative estimate of drug-likeness (QED) is 0.518. The Balaban J connectivity index is 1.58. The number of nitrogens with one attached hydrogen (secondary N) is 1. The molecule has 1 saturated heterocycles. The zero-order chi connectivity index (χ0) is 23.7. The summed E-state index contributed by atoms with van der Waals surface area (Å²) in [6, 6.07) is 11.5. The average molecular weight is 507 g/mol. The zero-order valence-corrected chi connectivity index (χ0v) is 20.2. The molecule has 0 saturated carbocycles. The van der Waals surface area contributed by atoms with Crippen molar-refractivity contribution in [2.75, 3.05) is 16.8 Å². The Bertz CT molecular complexity index is 1160. The van der Waals surface area contributed by atoms with Crippen LogP contribution in [0.5, 0.6) is 0 Å². The Labute approximate surface area is 207 Å². The summed E-state index contributed by atoms with van der Waals surface area (Å²) in [4.78, 5) is 41.8. The fourth-order valence-electron chi connectivity index (χ4n) is 4.22. The third-order valence-corrected chi connectivity index (χ3v) is 6.82. The summed E-state index contributed by atoms with van der Waals surface area (Å²) in [6.07, 6.45) is 4.02. The molecule has 9 heteroatoms. The first-order valence-electron chi connectivity index (χ1n) is 10.7. The van der Waals surface area contributed by atoms with Crippen LogP contribution in [0.3, 0.4) is 0 Å². The SMILES string of the molecule is CCC1CCCCN1C(=O)c1cccc(NC2=C(Cl)C(=O)N(c3cc(Cl)ccc3Cl)C2=O)c1. The maximum absolute atomic E-state index is 13.1. The van der Waals surface area contributed by atoms with Gasteiger partial charge in [-0.05, 0) is 62.1 Å². The molecule has 2 aromatic rings. The third-order valence-electron chi connectivity index (χ3n) is 5.91. The number of halogens is 3. The van der Waals surface area contributed by atoms with Crippen LogP contribution in [0.2, 0.25) is 10.0 Å². The van der Waals surface area contributed by atoms with Crippen molar-refractivity contribution in [1.29, 1.82) is 0 Å². The molecular formula is C24H22Cl3N3O3. The Hall–Kier alpha value is -2.54. The highest BCUT2D eigenvalue weighted by Gasteiger charge is 2.40. The minimum Gasteiger partial charge on any atom is -0.350 e. The second-order valence-corrected chi connectivity index (χ2v) is 9.21. The van der Waals surface area contributed by atoms with Crippen LogP contribution >= 0.6 is 34.8 Å². The largest absolute Gasteiger partial charge is 0.350 e. The molecule has 0 aromatic heterocycles. The summed E-state index contributed by atoms with van der Waals surface area (Å²) in [6.45, 7) is 2.82. The summed E-state index contributed by atoms with van der Waals surface area (Å²) < 4.78 is 0. The lowest BCUT2D eigenvalue weighted by Crippen LogP contribution is -2.43. The van der Waals surface area contributed by atoms with E-state index < -0.39 is 11.8 Å². The smallest absolute Gasteiger partial charge is 0.283 e. The second-order valence-electron chi connectivity index (χ2n) is 7.99. The maximum Gasteiger partial charge on any atom is 0.283 e. The molecule has 33 heavy (non-hydrogen) atoms. The van der Waals surface area contributed by atoms with Gasteiger partial charge in [-0.2, -0.15) is 0 Å². The predicted octanol–water partition coefficient (Wildman–Crippen LogP) is 5.83. The normalized spacial score (nSPS) is 18.8. The van der Waals surface area contributed by atoms with E-state index in [0.717, 1.165) is 37.1 Å². The number of imide groups is 1. The number of hydrogen-bond donors (Lipinski definition) is 1. The lowest BCUT2D eigenvalue weighted by Gasteiger charge is -2.35. The zero-order valence-electron chi connectivity index (χ0n) is 17.9. The van der Waals surface area contributed by atoms with Gasteiger partial charge in [0.1, 0.15) is 10.7 Å². The molecule has 0 spiro atoms. The number of carbonyl (C=O) groups excluding carboxylic acids is 3. The van der Waals surface area contributed by atoms with Crippen molar-refractivity contribution in [1.82, 2.24) is 4.90 Å². The number of benzene rings is 2. The Morgan fingerprint density at radius 3 is 2.61 bits per heavy atom. The highest BCUT2D eigenvalue weighted by atomic mass is 35.5. The van der Waals surface area contributed by atoms with Gasteiger partial charge in [0.05, 0.1) is 10.7 Å². The average Bonchev–Trinajstić information content (AvgIpc) is 3.03. The van der Waals surface area contributed by atoms with E-state index in [4.69, 9.17) is 34.8 Å². The highest BCUT2D eigenvalue weighted by molar-refractivity contribution is 6.54. The van der Waals surface area contributed by atoms with Crippen molar-refractivity contribution in [3.05, 3.63) is 68.8 Å². The van der Waals surface area contributed by atoms with Crippen LogP contribution in [0, 0.1) is 0 Å². The number of carbonyl (C=O) groups is 3. The molecule has 1 unspecified atom stereocenters. The molecule has 1 N–H and O–H groups in total. The van der Waals surface area contributed by atoms with Gasteiger partial charge >= 0.3 is 0 Å². The Morgan fingerprint density at radius 2 is 1.85 bits per heavy atom. The van der Waals surface area contributed by atoms with Gasteiger partial charge in [0.2, 0.25) is 0 Å². The maximum atomic E-state index is 13.1. The molecule has 2 aliphatic rings. The number of anilines is 2. The molecule has 2 aromatic carbocycles. The molecule has 1 atom stereocenters. The number of piperidine rings is 1. The first kappa shape index (κ1) is 23.6. The van der Waals surface area contributed by atoms with Crippen molar-refractivity contribution in [2.24, 2.45) is 0 Å². The van der Waals surface area contributed by atoms with Gasteiger partial charge < -0.3 is 10.2 Å². The molecule has 2 aliphatic heterocycles. The number of likely N-dealkylation sites (tertiary alicyclic amines) is 1. The van der Waals surface area contributed by atoms with Gasteiger partial charge in [-0.1, -0.05) is 47.8 Å². The number of amides is 3. The van der Waals surface area contributed by atoms with Crippen LogP contribution in [0.1, 0.15) is 43.0 Å². The van der Waals surface area contributed by atoms with Gasteiger partial charge in [-0.25, -0.2) is 4.90 Å². The van der Waals surface area contributed by atoms with Gasteiger partial charge in [0, 0.05) is 28.9 Å². The van der Waals surface area contributed by atoms with E-state index in [9.17, 15) is 14.4 Å². The number of hydrogen-bond acceptors (Lipinski definition) is 4. The van der Waals surface area contributed by atoms with Crippen LogP contribution in [-0.4, -0.2) is 35.2 Å². The molecule has 172 valence electrons. The molecule has 0 bridgehead atoms. The van der Waals surface area contributed by atoms with Crippen molar-refractivity contribution < 1.29 is 14.4 Å². The Kier molecular flexibility index (Phi) is 6.98. The first-order chi connectivity index (χ1) is 15.8. The summed E-state index contributed by atoms with van der Waals surface area (Å²) >= 11 is 18.4. The summed E-state index contributed by atoms with van der Waals surface area (Å²) in [5, 5.41) is 3.16. The molecule has 1 fully saturated rings. The molecule has 0 aliphatic carbocycles. The van der Waals surface area contributed by atoms with Gasteiger partial charge in [-0.15, -0.1) is 0 Å². The third kappa shape index (κ3) is 4.60. The second kappa shape index (κ2) is 9.75. The fraction of sp³-hybridized carbons (Fsp3) is 0.292. The van der Waals surface area contributed by atoms with Crippen LogP contribution in [-0.2, 0) is 9.59 Å². The standard InChI is InChI=1S/C24H22Cl3N3O3/c1-2-17-8-3-4-11-29(17)22(31)14-6-5-7-16(12-14)28-21-20(27)23(32)30(24(21)33)19-13-15(25)9-10-18(19)26/h5-7,9-10,12-13,17,28H,2-4,8,11H2,1H3. The van der Waals surface area contributed by atoms with Crippen molar-refractivity contribution in [2.45, 2.75) is 38.6 Å². The molecule has 0 radical (unpaired) electrons. The fourth-order valence-corrected chi connectivity index (χ4v) is 4.80. The molecule has 3 amide bonds. The monoisotopic (exact) mass is 505 g/mol. The van der Waals surface area contributed by atoms with Crippen LogP contribution in [0.15, 0.2) is 53.2 Å². The van der Waals surface area contributed by atoms with Crippen molar-refractivity contribution in [3.8, 4) is 0 Å². The summed E-state index contributed by atoms with van der Waals surface area (Å²) in [5.74, 6) is -1.42. The van der Waals surface area contributed by atoms with Crippen molar-refractivity contribution in [3.63, 3.8) is 0 Å². The predicted molar refractivity (Wildman–Crippen MR) is 131 cm³/mol. The van der Waals surface area contributed by atoms with Crippen LogP contribution < -0.4 is 10.2 Å². The highest BCUT2D eigenvalue weighted by Crippen LogP contribution is 2.36. The summed E-state index contributed by atoms with van der Waals surface area (Å²) in [5.41, 5.74) is 1.03. The van der Waals surface area contributed by atoms with Gasteiger partial charge in [0.15, 0.2) is 0 Å². The number of nitrogens with zero attached hydrogens (tertiary/aromatic N) is 2. The molecular weight excluding hydrogens is 485 g/mol. The van der Waals surface area contributed by atoms with Crippen LogP contribution in [0.25, 0.3) is 0 Å². The van der Waals surface area contributed by atoms with E-state index in [-0.39, 0.29) is 33.4 Å². The summed E-state index contributed by atoms with van der Waals surface area (Å²) in [7, 11) is 0. The van der Waals surface area contributed by atoms with E-state index in [2.05, 4.69) is 12.2 Å².